The number of halogens is 1. The van der Waals surface area contributed by atoms with Gasteiger partial charge in [0.1, 0.15) is 0 Å². The first-order valence-corrected chi connectivity index (χ1v) is 12.5. The molecular formula is C23H26ClN3O4S. The van der Waals surface area contributed by atoms with Crippen LogP contribution in [0.2, 0.25) is 5.02 Å². The average molecular weight is 476 g/mol. The van der Waals surface area contributed by atoms with E-state index >= 15 is 0 Å². The zero-order valence-corrected chi connectivity index (χ0v) is 19.6. The number of anilines is 2. The zero-order chi connectivity index (χ0) is 23.0. The van der Waals surface area contributed by atoms with Crippen molar-refractivity contribution in [3.05, 3.63) is 53.1 Å². The maximum Gasteiger partial charge on any atom is 0.243 e. The predicted molar refractivity (Wildman–Crippen MR) is 124 cm³/mol. The first-order chi connectivity index (χ1) is 15.2. The standard InChI is InChI=1S/C23H26ClN3O4S/c1-15-12-18-13-21(6-7-22(18)27(15)16(2)28)32(30,31)26-10-8-17(9-11-26)23(29)25-20-5-3-4-19(24)14-20/h3-7,13-15,17H,8-12H2,1-2H3,(H,25,29)/t15-/m0/s1. The molecule has 0 saturated carbocycles. The van der Waals surface area contributed by atoms with Crippen LogP contribution < -0.4 is 10.2 Å². The molecule has 7 nitrogen and oxygen atoms in total. The number of hydrogen-bond acceptors (Lipinski definition) is 4. The van der Waals surface area contributed by atoms with Gasteiger partial charge in [0.25, 0.3) is 0 Å². The molecule has 0 spiro atoms. The molecule has 2 aliphatic rings. The van der Waals surface area contributed by atoms with Crippen LogP contribution in [0.4, 0.5) is 11.4 Å². The molecule has 9 heteroatoms. The van der Waals surface area contributed by atoms with Gasteiger partial charge in [0, 0.05) is 48.4 Å². The molecule has 0 aliphatic carbocycles. The third-order valence-electron chi connectivity index (χ3n) is 6.16. The minimum Gasteiger partial charge on any atom is -0.326 e. The summed E-state index contributed by atoms with van der Waals surface area (Å²) in [6.07, 6.45) is 1.53. The fourth-order valence-corrected chi connectivity index (χ4v) is 6.28. The highest BCUT2D eigenvalue weighted by atomic mass is 35.5. The minimum atomic E-state index is -3.67. The smallest absolute Gasteiger partial charge is 0.243 e. The fraction of sp³-hybridized carbons (Fsp3) is 0.391. The molecule has 2 amide bonds. The monoisotopic (exact) mass is 475 g/mol. The molecule has 2 aromatic carbocycles. The van der Waals surface area contributed by atoms with Gasteiger partial charge in [0.15, 0.2) is 0 Å². The molecule has 0 aromatic heterocycles. The van der Waals surface area contributed by atoms with E-state index < -0.39 is 10.0 Å². The lowest BCUT2D eigenvalue weighted by atomic mass is 9.97. The Labute approximate surface area is 193 Å². The molecular weight excluding hydrogens is 450 g/mol. The van der Waals surface area contributed by atoms with Gasteiger partial charge in [-0.2, -0.15) is 4.31 Å². The SMILES string of the molecule is CC(=O)N1c2ccc(S(=O)(=O)N3CCC(C(=O)Nc4cccc(Cl)c4)CC3)cc2C[C@@H]1C. The van der Waals surface area contributed by atoms with Gasteiger partial charge in [0.05, 0.1) is 4.90 Å². The molecule has 0 unspecified atom stereocenters. The number of amides is 2. The number of nitrogens with one attached hydrogen (secondary N) is 1. The second-order valence-electron chi connectivity index (χ2n) is 8.41. The first kappa shape index (κ1) is 22.8. The highest BCUT2D eigenvalue weighted by Crippen LogP contribution is 2.35. The lowest BCUT2D eigenvalue weighted by Crippen LogP contribution is -2.41. The van der Waals surface area contributed by atoms with Crippen molar-refractivity contribution in [1.29, 1.82) is 0 Å². The van der Waals surface area contributed by atoms with Gasteiger partial charge in [-0.1, -0.05) is 17.7 Å². The molecule has 1 saturated heterocycles. The van der Waals surface area contributed by atoms with Gasteiger partial charge in [-0.25, -0.2) is 8.42 Å². The van der Waals surface area contributed by atoms with Crippen LogP contribution in [0.1, 0.15) is 32.3 Å². The van der Waals surface area contributed by atoms with Crippen LogP contribution in [-0.2, 0) is 26.0 Å². The molecule has 1 N–H and O–H groups in total. The topological polar surface area (TPSA) is 86.8 Å². The van der Waals surface area contributed by atoms with E-state index in [0.29, 0.717) is 30.0 Å². The summed E-state index contributed by atoms with van der Waals surface area (Å²) in [4.78, 5) is 26.5. The Kier molecular flexibility index (Phi) is 6.29. The van der Waals surface area contributed by atoms with Crippen LogP contribution in [0.3, 0.4) is 0 Å². The number of piperidine rings is 1. The summed E-state index contributed by atoms with van der Waals surface area (Å²) in [5.41, 5.74) is 2.27. The van der Waals surface area contributed by atoms with Crippen molar-refractivity contribution in [1.82, 2.24) is 4.31 Å². The Morgan fingerprint density at radius 3 is 2.47 bits per heavy atom. The summed E-state index contributed by atoms with van der Waals surface area (Å²) in [5.74, 6) is -0.435. The maximum absolute atomic E-state index is 13.2. The Hall–Kier alpha value is -2.42. The van der Waals surface area contributed by atoms with Crippen molar-refractivity contribution in [3.63, 3.8) is 0 Å². The number of nitrogens with zero attached hydrogens (tertiary/aromatic N) is 2. The van der Waals surface area contributed by atoms with E-state index in [9.17, 15) is 18.0 Å². The van der Waals surface area contributed by atoms with E-state index in [4.69, 9.17) is 11.6 Å². The van der Waals surface area contributed by atoms with Crippen molar-refractivity contribution in [2.45, 2.75) is 44.0 Å². The third kappa shape index (κ3) is 4.40. The lowest BCUT2D eigenvalue weighted by Gasteiger charge is -2.30. The van der Waals surface area contributed by atoms with E-state index in [1.807, 2.05) is 6.92 Å². The fourth-order valence-electron chi connectivity index (χ4n) is 4.57. The number of carbonyl (C=O) groups excluding carboxylic acids is 2. The predicted octanol–water partition coefficient (Wildman–Crippen LogP) is 3.68. The van der Waals surface area contributed by atoms with Crippen LogP contribution in [0, 0.1) is 5.92 Å². The summed E-state index contributed by atoms with van der Waals surface area (Å²) >= 11 is 5.96. The zero-order valence-electron chi connectivity index (χ0n) is 18.0. The van der Waals surface area contributed by atoms with E-state index in [0.717, 1.165) is 11.3 Å². The molecule has 1 fully saturated rings. The molecule has 170 valence electrons. The maximum atomic E-state index is 13.2. The van der Waals surface area contributed by atoms with Crippen molar-refractivity contribution in [3.8, 4) is 0 Å². The molecule has 32 heavy (non-hydrogen) atoms. The van der Waals surface area contributed by atoms with Crippen LogP contribution in [0.25, 0.3) is 0 Å². The third-order valence-corrected chi connectivity index (χ3v) is 8.29. The summed E-state index contributed by atoms with van der Waals surface area (Å²) in [7, 11) is -3.67. The summed E-state index contributed by atoms with van der Waals surface area (Å²) in [5, 5.41) is 3.40. The van der Waals surface area contributed by atoms with Crippen LogP contribution >= 0.6 is 11.6 Å². The lowest BCUT2D eigenvalue weighted by molar-refractivity contribution is -0.121. The van der Waals surface area contributed by atoms with Gasteiger partial charge >= 0.3 is 0 Å². The largest absolute Gasteiger partial charge is 0.326 e. The van der Waals surface area contributed by atoms with E-state index in [1.54, 1.807) is 47.4 Å². The van der Waals surface area contributed by atoms with Gasteiger partial charge in [-0.3, -0.25) is 9.59 Å². The van der Waals surface area contributed by atoms with Crippen molar-refractivity contribution in [2.24, 2.45) is 5.92 Å². The Morgan fingerprint density at radius 2 is 1.81 bits per heavy atom. The first-order valence-electron chi connectivity index (χ1n) is 10.7. The van der Waals surface area contributed by atoms with Gasteiger partial charge in [0.2, 0.25) is 21.8 Å². The Bertz CT molecular complexity index is 1160. The molecule has 2 aliphatic heterocycles. The molecule has 2 heterocycles. The van der Waals surface area contributed by atoms with E-state index in [2.05, 4.69) is 5.32 Å². The normalized spacial score (nSPS) is 19.6. The summed E-state index contributed by atoms with van der Waals surface area (Å²) in [6, 6.07) is 11.9. The van der Waals surface area contributed by atoms with Gasteiger partial charge in [-0.15, -0.1) is 0 Å². The quantitative estimate of drug-likeness (QED) is 0.730. The van der Waals surface area contributed by atoms with Crippen molar-refractivity contribution in [2.75, 3.05) is 23.3 Å². The van der Waals surface area contributed by atoms with Gasteiger partial charge in [-0.05, 0) is 68.1 Å². The molecule has 0 bridgehead atoms. The number of sulfonamides is 1. The van der Waals surface area contributed by atoms with E-state index in [-0.39, 0.29) is 41.8 Å². The average Bonchev–Trinajstić information content (AvgIpc) is 3.09. The molecule has 1 atom stereocenters. The number of hydrogen-bond donors (Lipinski definition) is 1. The highest BCUT2D eigenvalue weighted by Gasteiger charge is 2.34. The highest BCUT2D eigenvalue weighted by molar-refractivity contribution is 7.89. The molecule has 0 radical (unpaired) electrons. The number of carbonyl (C=O) groups is 2. The second-order valence-corrected chi connectivity index (χ2v) is 10.8. The van der Waals surface area contributed by atoms with E-state index in [1.165, 1.54) is 11.2 Å². The molecule has 2 aromatic rings. The van der Waals surface area contributed by atoms with Crippen LogP contribution in [0.15, 0.2) is 47.4 Å². The minimum absolute atomic E-state index is 0.00853. The molecule has 4 rings (SSSR count). The number of rotatable bonds is 4. The van der Waals surface area contributed by atoms with Gasteiger partial charge < -0.3 is 10.2 Å². The number of benzene rings is 2. The van der Waals surface area contributed by atoms with Crippen molar-refractivity contribution < 1.29 is 18.0 Å². The summed E-state index contributed by atoms with van der Waals surface area (Å²) < 4.78 is 27.9. The summed E-state index contributed by atoms with van der Waals surface area (Å²) in [6.45, 7) is 4.03. The second kappa shape index (κ2) is 8.84. The van der Waals surface area contributed by atoms with Crippen LogP contribution in [0.5, 0.6) is 0 Å². The number of fused-ring (bicyclic) bond motifs is 1. The van der Waals surface area contributed by atoms with Crippen molar-refractivity contribution >= 4 is 44.8 Å². The van der Waals surface area contributed by atoms with Crippen LogP contribution in [-0.4, -0.2) is 43.7 Å². The Balaban J connectivity index is 1.43. The Morgan fingerprint density at radius 1 is 1.09 bits per heavy atom.